The van der Waals surface area contributed by atoms with Crippen LogP contribution in [0.15, 0.2) is 11.8 Å². The molecule has 1 aliphatic heterocycles. The number of hydrogen-bond acceptors (Lipinski definition) is 3. The molecular weight excluding hydrogens is 188 g/mol. The summed E-state index contributed by atoms with van der Waals surface area (Å²) in [4.78, 5) is 15.9. The van der Waals surface area contributed by atoms with Crippen molar-refractivity contribution >= 4 is 5.78 Å². The third kappa shape index (κ3) is 2.40. The molecule has 0 N–H and O–H groups in total. The molecule has 3 heteroatoms. The first-order valence-electron chi connectivity index (χ1n) is 5.81. The Bertz CT molecular complexity index is 285. The van der Waals surface area contributed by atoms with Gasteiger partial charge >= 0.3 is 0 Å². The fraction of sp³-hybridized carbons (Fsp3) is 0.750. The van der Waals surface area contributed by atoms with Crippen LogP contribution < -0.4 is 0 Å². The third-order valence-corrected chi connectivity index (χ3v) is 3.56. The number of rotatable bonds is 2. The Labute approximate surface area is 91.7 Å². The lowest BCUT2D eigenvalue weighted by molar-refractivity contribution is -0.114. The summed E-state index contributed by atoms with van der Waals surface area (Å²) < 4.78 is 0. The van der Waals surface area contributed by atoms with Crippen LogP contribution in [-0.2, 0) is 4.79 Å². The van der Waals surface area contributed by atoms with E-state index in [1.807, 2.05) is 6.08 Å². The average molecular weight is 208 g/mol. The number of piperidine rings is 1. The molecule has 0 saturated carbocycles. The zero-order chi connectivity index (χ0) is 10.8. The van der Waals surface area contributed by atoms with Crippen molar-refractivity contribution in [2.45, 2.75) is 31.7 Å². The van der Waals surface area contributed by atoms with Gasteiger partial charge in [0.1, 0.15) is 0 Å². The number of hydrogen-bond donors (Lipinski definition) is 0. The fourth-order valence-corrected chi connectivity index (χ4v) is 2.55. The Kier molecular flexibility index (Phi) is 3.10. The summed E-state index contributed by atoms with van der Waals surface area (Å²) in [6.45, 7) is 2.34. The van der Waals surface area contributed by atoms with Gasteiger partial charge in [-0.2, -0.15) is 0 Å². The molecule has 0 bridgehead atoms. The van der Waals surface area contributed by atoms with Gasteiger partial charge in [-0.3, -0.25) is 4.79 Å². The fourth-order valence-electron chi connectivity index (χ4n) is 2.55. The molecule has 2 rings (SSSR count). The van der Waals surface area contributed by atoms with Crippen LogP contribution in [0.4, 0.5) is 0 Å². The van der Waals surface area contributed by atoms with Crippen molar-refractivity contribution in [2.24, 2.45) is 0 Å². The van der Waals surface area contributed by atoms with E-state index >= 15 is 0 Å². The molecular formula is C12H20N2O. The maximum atomic E-state index is 11.2. The summed E-state index contributed by atoms with van der Waals surface area (Å²) >= 11 is 0. The molecule has 3 nitrogen and oxygen atoms in total. The maximum Gasteiger partial charge on any atom is 0.157 e. The van der Waals surface area contributed by atoms with E-state index in [0.29, 0.717) is 18.2 Å². The summed E-state index contributed by atoms with van der Waals surface area (Å²) in [5, 5.41) is 0. The van der Waals surface area contributed by atoms with Crippen LogP contribution in [0.5, 0.6) is 0 Å². The second-order valence-corrected chi connectivity index (χ2v) is 4.77. The molecule has 0 amide bonds. The molecule has 0 spiro atoms. The monoisotopic (exact) mass is 208 g/mol. The van der Waals surface area contributed by atoms with Crippen molar-refractivity contribution in [3.05, 3.63) is 11.8 Å². The number of likely N-dealkylation sites (N-methyl/N-ethyl adjacent to an activating group) is 2. The molecule has 0 aromatic rings. The van der Waals surface area contributed by atoms with Gasteiger partial charge in [0.25, 0.3) is 0 Å². The number of allylic oxidation sites excluding steroid dienone is 2. The Morgan fingerprint density at radius 3 is 2.87 bits per heavy atom. The molecule has 1 saturated heterocycles. The van der Waals surface area contributed by atoms with E-state index in [1.54, 1.807) is 0 Å². The highest BCUT2D eigenvalue weighted by Crippen LogP contribution is 2.23. The summed E-state index contributed by atoms with van der Waals surface area (Å²) in [6.07, 6.45) is 6.01. The van der Waals surface area contributed by atoms with Crippen molar-refractivity contribution in [3.63, 3.8) is 0 Å². The standard InChI is InChI=1S/C12H20N2O/c1-13-7-3-4-11(9-13)14(2)10-5-6-12(15)8-10/h8,11H,3-7,9H2,1-2H3. The van der Waals surface area contributed by atoms with Gasteiger partial charge in [0.2, 0.25) is 0 Å². The number of carbonyl (C=O) groups is 1. The number of ketones is 1. The Hall–Kier alpha value is -0.830. The lowest BCUT2D eigenvalue weighted by atomic mass is 10.0. The van der Waals surface area contributed by atoms with E-state index in [2.05, 4.69) is 23.9 Å². The van der Waals surface area contributed by atoms with Crippen LogP contribution in [0.25, 0.3) is 0 Å². The second kappa shape index (κ2) is 4.35. The van der Waals surface area contributed by atoms with Gasteiger partial charge in [-0.25, -0.2) is 0 Å². The van der Waals surface area contributed by atoms with Crippen molar-refractivity contribution in [2.75, 3.05) is 27.2 Å². The molecule has 1 unspecified atom stereocenters. The van der Waals surface area contributed by atoms with Crippen molar-refractivity contribution in [3.8, 4) is 0 Å². The van der Waals surface area contributed by atoms with E-state index in [0.717, 1.165) is 13.0 Å². The van der Waals surface area contributed by atoms with Gasteiger partial charge in [0.05, 0.1) is 0 Å². The molecule has 0 aromatic carbocycles. The molecule has 2 aliphatic rings. The molecule has 84 valence electrons. The van der Waals surface area contributed by atoms with Gasteiger partial charge in [0.15, 0.2) is 5.78 Å². The minimum absolute atomic E-state index is 0.293. The SMILES string of the molecule is CN1CCCC(N(C)C2=CC(=O)CC2)C1. The van der Waals surface area contributed by atoms with Gasteiger partial charge < -0.3 is 9.80 Å². The Balaban J connectivity index is 1.98. The smallest absolute Gasteiger partial charge is 0.157 e. The molecule has 15 heavy (non-hydrogen) atoms. The molecule has 1 heterocycles. The summed E-state index contributed by atoms with van der Waals surface area (Å²) in [7, 11) is 4.31. The lowest BCUT2D eigenvalue weighted by Gasteiger charge is -2.37. The topological polar surface area (TPSA) is 23.6 Å². The zero-order valence-corrected chi connectivity index (χ0v) is 9.70. The van der Waals surface area contributed by atoms with Crippen LogP contribution >= 0.6 is 0 Å². The van der Waals surface area contributed by atoms with Gasteiger partial charge in [-0.05, 0) is 32.9 Å². The molecule has 1 aliphatic carbocycles. The third-order valence-electron chi connectivity index (χ3n) is 3.56. The van der Waals surface area contributed by atoms with E-state index in [4.69, 9.17) is 0 Å². The predicted octanol–water partition coefficient (Wildman–Crippen LogP) is 1.26. The van der Waals surface area contributed by atoms with Crippen molar-refractivity contribution in [1.29, 1.82) is 0 Å². The highest BCUT2D eigenvalue weighted by atomic mass is 16.1. The maximum absolute atomic E-state index is 11.2. The normalized spacial score (nSPS) is 28.0. The van der Waals surface area contributed by atoms with E-state index in [1.165, 1.54) is 25.1 Å². The number of likely N-dealkylation sites (tertiary alicyclic amines) is 1. The molecule has 0 aromatic heterocycles. The van der Waals surface area contributed by atoms with Gasteiger partial charge in [-0.1, -0.05) is 0 Å². The minimum atomic E-state index is 0.293. The van der Waals surface area contributed by atoms with Gasteiger partial charge in [-0.15, -0.1) is 0 Å². The van der Waals surface area contributed by atoms with E-state index in [-0.39, 0.29) is 0 Å². The van der Waals surface area contributed by atoms with Crippen molar-refractivity contribution < 1.29 is 4.79 Å². The quantitative estimate of drug-likeness (QED) is 0.682. The lowest BCUT2D eigenvalue weighted by Crippen LogP contribution is -2.44. The summed E-state index contributed by atoms with van der Waals surface area (Å²) in [5.41, 5.74) is 1.24. The Morgan fingerprint density at radius 1 is 1.47 bits per heavy atom. The molecule has 1 fully saturated rings. The first-order chi connectivity index (χ1) is 7.16. The van der Waals surface area contributed by atoms with Crippen LogP contribution in [0, 0.1) is 0 Å². The highest BCUT2D eigenvalue weighted by molar-refractivity contribution is 5.92. The van der Waals surface area contributed by atoms with Crippen LogP contribution in [0.2, 0.25) is 0 Å². The minimum Gasteiger partial charge on any atom is -0.373 e. The van der Waals surface area contributed by atoms with Crippen LogP contribution in [-0.4, -0.2) is 48.8 Å². The Morgan fingerprint density at radius 2 is 2.27 bits per heavy atom. The average Bonchev–Trinajstić information content (AvgIpc) is 2.64. The van der Waals surface area contributed by atoms with Crippen LogP contribution in [0.1, 0.15) is 25.7 Å². The summed E-state index contributed by atoms with van der Waals surface area (Å²) in [6, 6.07) is 0.598. The van der Waals surface area contributed by atoms with Crippen molar-refractivity contribution in [1.82, 2.24) is 9.80 Å². The van der Waals surface area contributed by atoms with E-state index < -0.39 is 0 Å². The van der Waals surface area contributed by atoms with Gasteiger partial charge in [0, 0.05) is 37.8 Å². The number of carbonyl (C=O) groups excluding carboxylic acids is 1. The highest BCUT2D eigenvalue weighted by Gasteiger charge is 2.24. The zero-order valence-electron chi connectivity index (χ0n) is 9.70. The largest absolute Gasteiger partial charge is 0.373 e. The first kappa shape index (κ1) is 10.7. The summed E-state index contributed by atoms with van der Waals surface area (Å²) in [5.74, 6) is 0.293. The first-order valence-corrected chi connectivity index (χ1v) is 5.81. The predicted molar refractivity (Wildman–Crippen MR) is 60.6 cm³/mol. The van der Waals surface area contributed by atoms with Crippen LogP contribution in [0.3, 0.4) is 0 Å². The molecule has 0 radical (unpaired) electrons. The molecule has 1 atom stereocenters. The second-order valence-electron chi connectivity index (χ2n) is 4.77. The van der Waals surface area contributed by atoms with E-state index in [9.17, 15) is 4.79 Å². The number of nitrogens with zero attached hydrogens (tertiary/aromatic N) is 2.